The first-order chi connectivity index (χ1) is 7.00. The fourth-order valence-electron chi connectivity index (χ4n) is 3.61. The third kappa shape index (κ3) is 2.21. The zero-order chi connectivity index (χ0) is 11.1. The molecule has 1 saturated carbocycles. The predicted octanol–water partition coefficient (Wildman–Crippen LogP) is 2.38. The summed E-state index contributed by atoms with van der Waals surface area (Å²) < 4.78 is 0. The van der Waals surface area contributed by atoms with Crippen LogP contribution >= 0.6 is 0 Å². The zero-order valence-corrected chi connectivity index (χ0v) is 10.5. The zero-order valence-electron chi connectivity index (χ0n) is 10.5. The number of hydrogen-bond acceptors (Lipinski definition) is 2. The van der Waals surface area contributed by atoms with Gasteiger partial charge in [-0.1, -0.05) is 20.3 Å². The Hall–Kier alpha value is -0.0800. The minimum atomic E-state index is 0.445. The number of nitrogens with zero attached hydrogens (tertiary/aromatic N) is 1. The molecule has 2 aliphatic rings. The molecule has 0 aromatic carbocycles. The van der Waals surface area contributed by atoms with Crippen LogP contribution in [0.25, 0.3) is 0 Å². The van der Waals surface area contributed by atoms with Gasteiger partial charge in [0.2, 0.25) is 0 Å². The van der Waals surface area contributed by atoms with Crippen molar-refractivity contribution >= 4 is 0 Å². The van der Waals surface area contributed by atoms with Crippen LogP contribution < -0.4 is 5.73 Å². The molecule has 2 rings (SSSR count). The van der Waals surface area contributed by atoms with Crippen molar-refractivity contribution in [1.82, 2.24) is 4.90 Å². The van der Waals surface area contributed by atoms with Crippen LogP contribution in [-0.2, 0) is 0 Å². The second-order valence-corrected chi connectivity index (χ2v) is 6.27. The Morgan fingerprint density at radius 2 is 2.00 bits per heavy atom. The summed E-state index contributed by atoms with van der Waals surface area (Å²) >= 11 is 0. The molecule has 88 valence electrons. The molecule has 1 aliphatic carbocycles. The second kappa shape index (κ2) is 4.06. The van der Waals surface area contributed by atoms with E-state index < -0.39 is 0 Å². The average molecular weight is 210 g/mol. The highest BCUT2D eigenvalue weighted by molar-refractivity contribution is 4.95. The average Bonchev–Trinajstić information content (AvgIpc) is 2.46. The summed E-state index contributed by atoms with van der Waals surface area (Å²) in [6, 6.07) is 1.94. The van der Waals surface area contributed by atoms with E-state index >= 15 is 0 Å². The van der Waals surface area contributed by atoms with Gasteiger partial charge in [-0.05, 0) is 38.0 Å². The molecule has 0 spiro atoms. The summed E-state index contributed by atoms with van der Waals surface area (Å²) in [5, 5.41) is 0. The second-order valence-electron chi connectivity index (χ2n) is 6.27. The summed E-state index contributed by atoms with van der Waals surface area (Å²) in [4.78, 5) is 2.73. The minimum Gasteiger partial charge on any atom is -0.328 e. The Kier molecular flexibility index (Phi) is 3.09. The van der Waals surface area contributed by atoms with E-state index in [9.17, 15) is 0 Å². The van der Waals surface area contributed by atoms with Crippen molar-refractivity contribution in [3.63, 3.8) is 0 Å². The first-order valence-corrected chi connectivity index (χ1v) is 6.52. The molecule has 2 nitrogen and oxygen atoms in total. The van der Waals surface area contributed by atoms with Gasteiger partial charge in [0.1, 0.15) is 0 Å². The molecule has 3 unspecified atom stereocenters. The SMILES string of the molecule is CC1CC(N)CCN1C1CCCC1(C)C. The Balaban J connectivity index is 2.04. The predicted molar refractivity (Wildman–Crippen MR) is 64.8 cm³/mol. The van der Waals surface area contributed by atoms with Crippen LogP contribution in [0.15, 0.2) is 0 Å². The summed E-state index contributed by atoms with van der Waals surface area (Å²) in [6.45, 7) is 8.45. The van der Waals surface area contributed by atoms with Gasteiger partial charge in [-0.2, -0.15) is 0 Å². The maximum atomic E-state index is 6.03. The number of likely N-dealkylation sites (tertiary alicyclic amines) is 1. The van der Waals surface area contributed by atoms with E-state index in [-0.39, 0.29) is 0 Å². The van der Waals surface area contributed by atoms with E-state index in [4.69, 9.17) is 5.73 Å². The molecule has 1 aliphatic heterocycles. The van der Waals surface area contributed by atoms with E-state index in [1.165, 1.54) is 38.6 Å². The number of hydrogen-bond donors (Lipinski definition) is 1. The number of nitrogens with two attached hydrogens (primary N) is 1. The lowest BCUT2D eigenvalue weighted by Crippen LogP contribution is -2.53. The number of rotatable bonds is 1. The Labute approximate surface area is 94.2 Å². The first kappa shape index (κ1) is 11.4. The van der Waals surface area contributed by atoms with Gasteiger partial charge in [0.05, 0.1) is 0 Å². The van der Waals surface area contributed by atoms with Crippen LogP contribution in [0.5, 0.6) is 0 Å². The van der Waals surface area contributed by atoms with Crippen molar-refractivity contribution < 1.29 is 0 Å². The van der Waals surface area contributed by atoms with Crippen LogP contribution in [0.4, 0.5) is 0 Å². The lowest BCUT2D eigenvalue weighted by molar-refractivity contribution is 0.0457. The Morgan fingerprint density at radius 1 is 1.27 bits per heavy atom. The van der Waals surface area contributed by atoms with Gasteiger partial charge in [0.25, 0.3) is 0 Å². The van der Waals surface area contributed by atoms with Gasteiger partial charge in [-0.25, -0.2) is 0 Å². The molecule has 1 saturated heterocycles. The molecule has 2 N–H and O–H groups in total. The molecule has 15 heavy (non-hydrogen) atoms. The number of piperidine rings is 1. The summed E-state index contributed by atoms with van der Waals surface area (Å²) in [5.74, 6) is 0. The topological polar surface area (TPSA) is 29.3 Å². The maximum Gasteiger partial charge on any atom is 0.0149 e. The summed E-state index contributed by atoms with van der Waals surface area (Å²) in [7, 11) is 0. The molecule has 0 bridgehead atoms. The van der Waals surface area contributed by atoms with Crippen molar-refractivity contribution in [2.24, 2.45) is 11.1 Å². The Morgan fingerprint density at radius 3 is 2.53 bits per heavy atom. The highest BCUT2D eigenvalue weighted by atomic mass is 15.2. The third-order valence-corrected chi connectivity index (χ3v) is 4.57. The standard InChI is InChI=1S/C13H26N2/c1-10-9-11(14)6-8-15(10)12-5-4-7-13(12,2)3/h10-12H,4-9,14H2,1-3H3. The molecular weight excluding hydrogens is 184 g/mol. The van der Waals surface area contributed by atoms with Gasteiger partial charge >= 0.3 is 0 Å². The Bertz CT molecular complexity index is 225. The van der Waals surface area contributed by atoms with Crippen molar-refractivity contribution in [2.75, 3.05) is 6.54 Å². The van der Waals surface area contributed by atoms with Crippen LogP contribution in [0.2, 0.25) is 0 Å². The van der Waals surface area contributed by atoms with Crippen molar-refractivity contribution in [3.8, 4) is 0 Å². The van der Waals surface area contributed by atoms with Gasteiger partial charge < -0.3 is 5.73 Å². The highest BCUT2D eigenvalue weighted by Gasteiger charge is 2.41. The summed E-state index contributed by atoms with van der Waals surface area (Å²) in [5.41, 5.74) is 6.55. The van der Waals surface area contributed by atoms with E-state index in [0.29, 0.717) is 17.5 Å². The molecule has 0 aromatic rings. The lowest BCUT2D eigenvalue weighted by atomic mass is 9.84. The fourth-order valence-corrected chi connectivity index (χ4v) is 3.61. The van der Waals surface area contributed by atoms with E-state index in [1.807, 2.05) is 0 Å². The molecule has 3 atom stereocenters. The maximum absolute atomic E-state index is 6.03. The molecule has 1 heterocycles. The van der Waals surface area contributed by atoms with E-state index in [1.54, 1.807) is 0 Å². The van der Waals surface area contributed by atoms with E-state index in [2.05, 4.69) is 25.7 Å². The van der Waals surface area contributed by atoms with Gasteiger partial charge in [0, 0.05) is 24.7 Å². The van der Waals surface area contributed by atoms with Crippen LogP contribution in [0.3, 0.4) is 0 Å². The third-order valence-electron chi connectivity index (χ3n) is 4.57. The van der Waals surface area contributed by atoms with Crippen molar-refractivity contribution in [2.45, 2.75) is 71.0 Å². The molecule has 0 amide bonds. The van der Waals surface area contributed by atoms with Crippen LogP contribution in [-0.4, -0.2) is 29.6 Å². The van der Waals surface area contributed by atoms with Gasteiger partial charge in [-0.15, -0.1) is 0 Å². The molecule has 0 aromatic heterocycles. The van der Waals surface area contributed by atoms with Crippen LogP contribution in [0.1, 0.15) is 52.9 Å². The van der Waals surface area contributed by atoms with Crippen LogP contribution in [0, 0.1) is 5.41 Å². The summed E-state index contributed by atoms with van der Waals surface area (Å²) in [6.07, 6.45) is 6.58. The largest absolute Gasteiger partial charge is 0.328 e. The highest BCUT2D eigenvalue weighted by Crippen LogP contribution is 2.42. The van der Waals surface area contributed by atoms with Gasteiger partial charge in [0.15, 0.2) is 0 Å². The fraction of sp³-hybridized carbons (Fsp3) is 1.00. The lowest BCUT2D eigenvalue weighted by Gasteiger charge is -2.45. The van der Waals surface area contributed by atoms with E-state index in [0.717, 1.165) is 6.04 Å². The monoisotopic (exact) mass is 210 g/mol. The van der Waals surface area contributed by atoms with Crippen molar-refractivity contribution in [1.29, 1.82) is 0 Å². The smallest absolute Gasteiger partial charge is 0.0149 e. The first-order valence-electron chi connectivity index (χ1n) is 6.52. The normalized spacial score (nSPS) is 42.0. The molecule has 2 heteroatoms. The molecule has 0 radical (unpaired) electrons. The van der Waals surface area contributed by atoms with Gasteiger partial charge in [-0.3, -0.25) is 4.90 Å². The quantitative estimate of drug-likeness (QED) is 0.720. The minimum absolute atomic E-state index is 0.445. The van der Waals surface area contributed by atoms with Crippen molar-refractivity contribution in [3.05, 3.63) is 0 Å². The molecular formula is C13H26N2. The molecule has 2 fully saturated rings.